The summed E-state index contributed by atoms with van der Waals surface area (Å²) in [4.78, 5) is 61.4. The van der Waals surface area contributed by atoms with Crippen LogP contribution in [0.4, 0.5) is 10.5 Å². The molecule has 300 valence electrons. The number of hydrogen-bond acceptors (Lipinski definition) is 10. The monoisotopic (exact) mass is 777 g/mol. The zero-order valence-electron chi connectivity index (χ0n) is 33.4. The van der Waals surface area contributed by atoms with Crippen molar-refractivity contribution in [3.8, 4) is 23.2 Å². The number of carbonyl (C=O) groups is 3. The van der Waals surface area contributed by atoms with Crippen LogP contribution in [0.15, 0.2) is 53.3 Å². The number of aliphatic hydroxyl groups is 1. The number of cyclic esters (lactones) is 1. The molecule has 13 nitrogen and oxygen atoms in total. The first-order valence-corrected chi connectivity index (χ1v) is 20.0. The highest BCUT2D eigenvalue weighted by molar-refractivity contribution is 5.95. The van der Waals surface area contributed by atoms with E-state index >= 15 is 0 Å². The van der Waals surface area contributed by atoms with E-state index in [1.807, 2.05) is 32.9 Å². The summed E-state index contributed by atoms with van der Waals surface area (Å²) in [6, 6.07) is 16.0. The summed E-state index contributed by atoms with van der Waals surface area (Å²) in [6.07, 6.45) is 3.98. The van der Waals surface area contributed by atoms with Gasteiger partial charge in [-0.25, -0.2) is 19.5 Å². The second-order valence-corrected chi connectivity index (χ2v) is 14.5. The molecule has 0 bridgehead atoms. The molecule has 0 radical (unpaired) electrons. The van der Waals surface area contributed by atoms with E-state index in [4.69, 9.17) is 19.2 Å². The van der Waals surface area contributed by atoms with E-state index in [2.05, 4.69) is 13.0 Å². The second kappa shape index (κ2) is 17.6. The number of hydrogen-bond donors (Lipinski definition) is 1. The third kappa shape index (κ3) is 7.96. The second-order valence-electron chi connectivity index (χ2n) is 14.5. The van der Waals surface area contributed by atoms with Crippen LogP contribution in [-0.2, 0) is 39.4 Å². The maximum absolute atomic E-state index is 13.9. The molecule has 57 heavy (non-hydrogen) atoms. The van der Waals surface area contributed by atoms with Crippen molar-refractivity contribution in [3.05, 3.63) is 86.7 Å². The Morgan fingerprint density at radius 3 is 2.44 bits per heavy atom. The minimum atomic E-state index is -1.92. The van der Waals surface area contributed by atoms with E-state index in [1.165, 1.54) is 4.90 Å². The van der Waals surface area contributed by atoms with Gasteiger partial charge in [-0.2, -0.15) is 5.26 Å². The van der Waals surface area contributed by atoms with Crippen LogP contribution in [0.1, 0.15) is 112 Å². The molecule has 0 aliphatic carbocycles. The molecule has 2 aliphatic heterocycles. The van der Waals surface area contributed by atoms with Crippen LogP contribution in [0.3, 0.4) is 0 Å². The van der Waals surface area contributed by atoms with Crippen LogP contribution in [-0.4, -0.2) is 63.5 Å². The van der Waals surface area contributed by atoms with Crippen molar-refractivity contribution in [2.45, 2.75) is 111 Å². The number of esters is 1. The van der Waals surface area contributed by atoms with Gasteiger partial charge >= 0.3 is 12.1 Å². The van der Waals surface area contributed by atoms with Gasteiger partial charge in [0.25, 0.3) is 11.5 Å². The van der Waals surface area contributed by atoms with Crippen molar-refractivity contribution >= 4 is 34.6 Å². The van der Waals surface area contributed by atoms with E-state index in [-0.39, 0.29) is 55.3 Å². The molecule has 2 amide bonds. The van der Waals surface area contributed by atoms with Crippen molar-refractivity contribution in [1.29, 1.82) is 5.26 Å². The van der Waals surface area contributed by atoms with Gasteiger partial charge in [-0.05, 0) is 93.6 Å². The van der Waals surface area contributed by atoms with E-state index in [1.54, 1.807) is 52.8 Å². The lowest BCUT2D eigenvalue weighted by Gasteiger charge is -2.31. The number of carbonyl (C=O) groups excluding carboxylic acids is 3. The number of rotatable bonds is 16. The van der Waals surface area contributed by atoms with Crippen molar-refractivity contribution < 1.29 is 33.7 Å². The number of aryl methyl sites for hydroxylation is 1. The number of pyridine rings is 2. The summed E-state index contributed by atoms with van der Waals surface area (Å²) in [7, 11) is 0. The van der Waals surface area contributed by atoms with Crippen LogP contribution in [0.5, 0.6) is 5.75 Å². The molecule has 0 saturated heterocycles. The van der Waals surface area contributed by atoms with Gasteiger partial charge in [0.2, 0.25) is 0 Å². The highest BCUT2D eigenvalue weighted by atomic mass is 16.6. The van der Waals surface area contributed by atoms with Crippen LogP contribution in [0.25, 0.3) is 22.3 Å². The number of benzene rings is 2. The van der Waals surface area contributed by atoms with E-state index in [9.17, 15) is 29.5 Å². The van der Waals surface area contributed by atoms with E-state index in [0.29, 0.717) is 59.8 Å². The van der Waals surface area contributed by atoms with E-state index in [0.717, 1.165) is 42.2 Å². The predicted molar refractivity (Wildman–Crippen MR) is 215 cm³/mol. The number of anilines is 1. The van der Waals surface area contributed by atoms with Gasteiger partial charge in [0.05, 0.1) is 47.2 Å². The zero-order valence-corrected chi connectivity index (χ0v) is 33.4. The maximum Gasteiger partial charge on any atom is 0.417 e. The molecule has 4 aromatic rings. The summed E-state index contributed by atoms with van der Waals surface area (Å²) in [5.74, 6) is -0.419. The zero-order chi connectivity index (χ0) is 40.9. The molecular weight excluding hydrogens is 727 g/mol. The standard InChI is InChI=1S/C44H51N5O8/c1-6-11-12-13-14-30(21-22-45)57-43(53)49(29-17-15-28(16-18-29)40(50)47(9-4)10-5)27-56-31-19-20-37-33(23-31)32(7-2)34-25-48-38(39(34)46-37)24-36-35(41(48)51)26-55-42(52)44(36,54)8-3/h15-20,23-24,30,54H,6-14,21,25-27H2,1-5H3/t30?,44-/m0/s1. The van der Waals surface area contributed by atoms with Crippen LogP contribution in [0.2, 0.25) is 0 Å². The SMILES string of the molecule is CCCCCCC(CC#N)OC(=O)N(COc1ccc2nc3c(c(CC)c2c1)Cn1c-3cc2c(c1=O)COC(=O)[C@]2(O)CC)c1ccc(C(=O)N(CC)CC)cc1. The summed E-state index contributed by atoms with van der Waals surface area (Å²) >= 11 is 0. The van der Waals surface area contributed by atoms with Crippen molar-refractivity contribution in [2.24, 2.45) is 0 Å². The fraction of sp³-hybridized carbons (Fsp3) is 0.455. The quantitative estimate of drug-likeness (QED) is 0.0608. The number of aromatic nitrogens is 2. The lowest BCUT2D eigenvalue weighted by molar-refractivity contribution is -0.172. The summed E-state index contributed by atoms with van der Waals surface area (Å²) in [6.45, 7) is 10.6. The minimum Gasteiger partial charge on any atom is -0.473 e. The third-order valence-corrected chi connectivity index (χ3v) is 11.2. The number of unbranched alkanes of at least 4 members (excludes halogenated alkanes) is 3. The number of nitrogens with zero attached hydrogens (tertiary/aromatic N) is 5. The number of ether oxygens (including phenoxy) is 3. The van der Waals surface area contributed by atoms with Crippen molar-refractivity contribution in [2.75, 3.05) is 24.7 Å². The topological polar surface area (TPSA) is 164 Å². The van der Waals surface area contributed by atoms with Gasteiger partial charge in [-0.1, -0.05) is 40.0 Å². The Morgan fingerprint density at radius 1 is 1.02 bits per heavy atom. The van der Waals surface area contributed by atoms with Gasteiger partial charge in [0.15, 0.2) is 12.3 Å². The first kappa shape index (κ1) is 40.9. The molecule has 0 fully saturated rings. The Labute approximate surface area is 332 Å². The van der Waals surface area contributed by atoms with Crippen molar-refractivity contribution in [3.63, 3.8) is 0 Å². The van der Waals surface area contributed by atoms with Gasteiger partial charge in [-0.15, -0.1) is 0 Å². The third-order valence-electron chi connectivity index (χ3n) is 11.2. The van der Waals surface area contributed by atoms with Gasteiger partial charge < -0.3 is 28.8 Å². The highest BCUT2D eigenvalue weighted by Crippen LogP contribution is 2.41. The summed E-state index contributed by atoms with van der Waals surface area (Å²) in [5, 5.41) is 21.6. The molecule has 6 rings (SSSR count). The fourth-order valence-corrected chi connectivity index (χ4v) is 7.79. The predicted octanol–water partition coefficient (Wildman–Crippen LogP) is 7.36. The van der Waals surface area contributed by atoms with Crippen LogP contribution >= 0.6 is 0 Å². The molecule has 2 aromatic heterocycles. The Hall–Kier alpha value is -5.74. The number of nitriles is 1. The molecule has 0 spiro atoms. The average molecular weight is 778 g/mol. The van der Waals surface area contributed by atoms with Gasteiger partial charge in [-0.3, -0.25) is 9.59 Å². The molecule has 0 saturated carbocycles. The van der Waals surface area contributed by atoms with Crippen LogP contribution < -0.4 is 15.2 Å². The molecule has 2 atom stereocenters. The lowest BCUT2D eigenvalue weighted by atomic mass is 9.86. The van der Waals surface area contributed by atoms with Gasteiger partial charge in [0.1, 0.15) is 18.5 Å². The molecule has 4 heterocycles. The number of amides is 2. The van der Waals surface area contributed by atoms with E-state index < -0.39 is 23.8 Å². The smallest absolute Gasteiger partial charge is 0.417 e. The minimum absolute atomic E-state index is 0.0546. The Balaban J connectivity index is 1.31. The Morgan fingerprint density at radius 2 is 1.77 bits per heavy atom. The molecular formula is C44H51N5O8. The lowest BCUT2D eigenvalue weighted by Crippen LogP contribution is -2.44. The average Bonchev–Trinajstić information content (AvgIpc) is 3.59. The number of fused-ring (bicyclic) bond motifs is 5. The molecule has 2 aliphatic rings. The molecule has 1 unspecified atom stereocenters. The summed E-state index contributed by atoms with van der Waals surface area (Å²) < 4.78 is 19.1. The summed E-state index contributed by atoms with van der Waals surface area (Å²) in [5.41, 5.74) is 2.86. The Bertz CT molecular complexity index is 2260. The molecule has 1 N–H and O–H groups in total. The molecule has 13 heteroatoms. The van der Waals surface area contributed by atoms with Crippen LogP contribution in [0, 0.1) is 11.3 Å². The highest BCUT2D eigenvalue weighted by Gasteiger charge is 2.45. The largest absolute Gasteiger partial charge is 0.473 e. The van der Waals surface area contributed by atoms with Gasteiger partial charge in [0, 0.05) is 35.2 Å². The first-order valence-electron chi connectivity index (χ1n) is 20.0. The van der Waals surface area contributed by atoms with Crippen molar-refractivity contribution in [1.82, 2.24) is 14.5 Å². The molecule has 2 aromatic carbocycles. The first-order chi connectivity index (χ1) is 27.5. The Kier molecular flexibility index (Phi) is 12.6. The fourth-order valence-electron chi connectivity index (χ4n) is 7.79. The normalized spacial score (nSPS) is 15.8. The maximum atomic E-state index is 13.9.